The van der Waals surface area contributed by atoms with Gasteiger partial charge in [-0.15, -0.1) is 0 Å². The normalized spacial score (nSPS) is 24.9. The van der Waals surface area contributed by atoms with Gasteiger partial charge in [0.2, 0.25) is 0 Å². The van der Waals surface area contributed by atoms with Gasteiger partial charge in [-0.05, 0) is 42.7 Å². The maximum atomic E-state index is 9.61. The molecule has 0 radical (unpaired) electrons. The summed E-state index contributed by atoms with van der Waals surface area (Å²) in [5, 5.41) is 9.61. The Hall–Kier alpha value is -2.49. The summed E-state index contributed by atoms with van der Waals surface area (Å²) in [7, 11) is 0. The van der Waals surface area contributed by atoms with Crippen molar-refractivity contribution in [2.75, 3.05) is 24.5 Å². The summed E-state index contributed by atoms with van der Waals surface area (Å²) in [6.45, 7) is 3.07. The highest BCUT2D eigenvalue weighted by Crippen LogP contribution is 2.44. The van der Waals surface area contributed by atoms with E-state index in [2.05, 4.69) is 46.2 Å². The van der Waals surface area contributed by atoms with Gasteiger partial charge in [0.1, 0.15) is 17.8 Å². The fourth-order valence-electron chi connectivity index (χ4n) is 4.52. The van der Waals surface area contributed by atoms with Gasteiger partial charge in [0.25, 0.3) is 0 Å². The second kappa shape index (κ2) is 5.26. The molecule has 3 heterocycles. The minimum Gasteiger partial charge on any atom is -0.508 e. The first-order valence-electron chi connectivity index (χ1n) is 8.79. The summed E-state index contributed by atoms with van der Waals surface area (Å²) in [4.78, 5) is 9.93. The molecule has 2 aromatic rings. The third-order valence-corrected chi connectivity index (χ3v) is 5.55. The van der Waals surface area contributed by atoms with Gasteiger partial charge in [0, 0.05) is 36.8 Å². The maximum absolute atomic E-state index is 9.61. The van der Waals surface area contributed by atoms with Crippen LogP contribution in [-0.2, 0) is 0 Å². The van der Waals surface area contributed by atoms with Crippen molar-refractivity contribution in [3.63, 3.8) is 0 Å². The number of benzene rings is 2. The molecule has 1 N–H and O–H groups in total. The van der Waals surface area contributed by atoms with E-state index in [1.165, 1.54) is 22.6 Å². The predicted octanol–water partition coefficient (Wildman–Crippen LogP) is 3.18. The number of aliphatic imine (C=N–C) groups is 1. The number of amidine groups is 1. The number of phenolic OH excluding ortho intramolecular Hbond substituents is 1. The van der Waals surface area contributed by atoms with Crippen LogP contribution >= 0.6 is 0 Å². The lowest BCUT2D eigenvalue weighted by molar-refractivity contribution is 0.275. The van der Waals surface area contributed by atoms with Crippen molar-refractivity contribution in [2.24, 2.45) is 4.99 Å². The Bertz CT molecular complexity index is 799. The molecule has 122 valence electrons. The molecule has 0 saturated carbocycles. The van der Waals surface area contributed by atoms with Crippen LogP contribution in [-0.4, -0.2) is 41.6 Å². The van der Waals surface area contributed by atoms with E-state index in [1.54, 1.807) is 12.1 Å². The Morgan fingerprint density at radius 1 is 0.958 bits per heavy atom. The summed E-state index contributed by atoms with van der Waals surface area (Å²) < 4.78 is 0. The molecule has 0 aromatic heterocycles. The Kier molecular flexibility index (Phi) is 3.05. The van der Waals surface area contributed by atoms with E-state index < -0.39 is 0 Å². The molecule has 1 fully saturated rings. The van der Waals surface area contributed by atoms with Crippen LogP contribution in [0.15, 0.2) is 53.5 Å². The number of hydrogen-bond donors (Lipinski definition) is 1. The second-order valence-corrected chi connectivity index (χ2v) is 6.86. The largest absolute Gasteiger partial charge is 0.508 e. The standard InChI is InChI=1S/C20H21N3O/c24-15-8-6-14(7-9-15)16-10-13-22-18-5-2-1-4-17(18)19-21-11-3-12-23(19)20(16)22/h1-2,4-9,16,20,24H,3,10-13H2. The zero-order chi connectivity index (χ0) is 16.1. The third-order valence-electron chi connectivity index (χ3n) is 5.55. The first kappa shape index (κ1) is 13.9. The molecule has 0 spiro atoms. The van der Waals surface area contributed by atoms with Gasteiger partial charge in [-0.2, -0.15) is 0 Å². The second-order valence-electron chi connectivity index (χ2n) is 6.86. The van der Waals surface area contributed by atoms with Crippen LogP contribution in [0.2, 0.25) is 0 Å². The van der Waals surface area contributed by atoms with E-state index >= 15 is 0 Å². The van der Waals surface area contributed by atoms with Gasteiger partial charge in [0.15, 0.2) is 0 Å². The highest BCUT2D eigenvalue weighted by molar-refractivity contribution is 6.06. The Labute approximate surface area is 142 Å². The van der Waals surface area contributed by atoms with Crippen molar-refractivity contribution in [1.82, 2.24) is 4.90 Å². The van der Waals surface area contributed by atoms with Crippen molar-refractivity contribution in [1.29, 1.82) is 0 Å². The van der Waals surface area contributed by atoms with Gasteiger partial charge in [-0.25, -0.2) is 0 Å². The highest BCUT2D eigenvalue weighted by Gasteiger charge is 2.45. The van der Waals surface area contributed by atoms with Gasteiger partial charge < -0.3 is 14.9 Å². The van der Waals surface area contributed by atoms with Gasteiger partial charge >= 0.3 is 0 Å². The van der Waals surface area contributed by atoms with E-state index in [0.717, 1.165) is 32.5 Å². The SMILES string of the molecule is Oc1ccc(C2CCN3c4ccccc4C4=NCCCN4C23)cc1. The molecule has 3 aliphatic heterocycles. The van der Waals surface area contributed by atoms with Crippen LogP contribution in [0.3, 0.4) is 0 Å². The molecule has 4 nitrogen and oxygen atoms in total. The van der Waals surface area contributed by atoms with Crippen molar-refractivity contribution in [3.05, 3.63) is 59.7 Å². The predicted molar refractivity (Wildman–Crippen MR) is 95.8 cm³/mol. The summed E-state index contributed by atoms with van der Waals surface area (Å²) in [5.74, 6) is 1.95. The first-order chi connectivity index (χ1) is 11.8. The minimum absolute atomic E-state index is 0.336. The van der Waals surface area contributed by atoms with Crippen LogP contribution in [0, 0.1) is 0 Å². The molecule has 24 heavy (non-hydrogen) atoms. The van der Waals surface area contributed by atoms with E-state index in [4.69, 9.17) is 4.99 Å². The van der Waals surface area contributed by atoms with E-state index in [0.29, 0.717) is 17.8 Å². The van der Waals surface area contributed by atoms with Crippen LogP contribution in [0.4, 0.5) is 5.69 Å². The fourth-order valence-corrected chi connectivity index (χ4v) is 4.52. The van der Waals surface area contributed by atoms with E-state index in [-0.39, 0.29) is 0 Å². The van der Waals surface area contributed by atoms with Crippen LogP contribution < -0.4 is 4.90 Å². The van der Waals surface area contributed by atoms with Crippen LogP contribution in [0.5, 0.6) is 5.75 Å². The number of fused-ring (bicyclic) bond motifs is 6. The first-order valence-corrected chi connectivity index (χ1v) is 8.79. The smallest absolute Gasteiger partial charge is 0.134 e. The van der Waals surface area contributed by atoms with Gasteiger partial charge in [-0.3, -0.25) is 4.99 Å². The third kappa shape index (κ3) is 1.95. The summed E-state index contributed by atoms with van der Waals surface area (Å²) in [6, 6.07) is 16.4. The molecule has 2 aromatic carbocycles. The molecular weight excluding hydrogens is 298 g/mol. The maximum Gasteiger partial charge on any atom is 0.134 e. The molecule has 2 atom stereocenters. The average Bonchev–Trinajstić information content (AvgIpc) is 3.08. The number of phenols is 1. The summed E-state index contributed by atoms with van der Waals surface area (Å²) >= 11 is 0. The molecular formula is C20H21N3O. The van der Waals surface area contributed by atoms with E-state index in [9.17, 15) is 5.11 Å². The molecule has 0 bridgehead atoms. The monoisotopic (exact) mass is 319 g/mol. The molecule has 5 rings (SSSR count). The molecule has 1 saturated heterocycles. The van der Waals surface area contributed by atoms with E-state index in [1.807, 2.05) is 0 Å². The van der Waals surface area contributed by atoms with Gasteiger partial charge in [-0.1, -0.05) is 24.3 Å². The topological polar surface area (TPSA) is 39.1 Å². The van der Waals surface area contributed by atoms with Crippen molar-refractivity contribution in [3.8, 4) is 5.75 Å². The zero-order valence-corrected chi connectivity index (χ0v) is 13.6. The zero-order valence-electron chi connectivity index (χ0n) is 13.6. The number of anilines is 1. The average molecular weight is 319 g/mol. The number of nitrogens with zero attached hydrogens (tertiary/aromatic N) is 3. The van der Waals surface area contributed by atoms with Gasteiger partial charge in [0.05, 0.1) is 0 Å². The van der Waals surface area contributed by atoms with Crippen molar-refractivity contribution < 1.29 is 5.11 Å². The quantitative estimate of drug-likeness (QED) is 0.877. The molecule has 0 amide bonds. The number of aromatic hydroxyl groups is 1. The summed E-state index contributed by atoms with van der Waals surface area (Å²) in [5.41, 5.74) is 3.91. The minimum atomic E-state index is 0.336. The Morgan fingerprint density at radius 3 is 2.67 bits per heavy atom. The van der Waals surface area contributed by atoms with Crippen LogP contribution in [0.25, 0.3) is 0 Å². The molecule has 4 heteroatoms. The van der Waals surface area contributed by atoms with Crippen molar-refractivity contribution in [2.45, 2.75) is 24.9 Å². The lowest BCUT2D eigenvalue weighted by Crippen LogP contribution is -2.56. The fraction of sp³-hybridized carbons (Fsp3) is 0.350. The number of rotatable bonds is 1. The lowest BCUT2D eigenvalue weighted by Gasteiger charge is -2.47. The molecule has 3 aliphatic rings. The van der Waals surface area contributed by atoms with Crippen LogP contribution in [0.1, 0.15) is 29.9 Å². The Morgan fingerprint density at radius 2 is 1.79 bits per heavy atom. The molecule has 0 aliphatic carbocycles. The summed E-state index contributed by atoms with van der Waals surface area (Å²) in [6.07, 6.45) is 2.59. The molecule has 2 unspecified atom stereocenters. The van der Waals surface area contributed by atoms with Crippen molar-refractivity contribution >= 4 is 11.5 Å². The highest BCUT2D eigenvalue weighted by atomic mass is 16.3. The Balaban J connectivity index is 1.62. The lowest BCUT2D eigenvalue weighted by atomic mass is 9.92. The number of para-hydroxylation sites is 1. The number of hydrogen-bond acceptors (Lipinski definition) is 4.